The van der Waals surface area contributed by atoms with E-state index in [1.54, 1.807) is 0 Å². The standard InChI is InChI=1S/C11H18N2O/c1-8-3-4-9(7-11(8)14)10-5-6-12-13(10)2/h5-6,8-9,11,14H,3-4,7H2,1-2H3. The molecule has 1 aliphatic carbocycles. The molecule has 0 spiro atoms. The van der Waals surface area contributed by atoms with Crippen LogP contribution in [0.2, 0.25) is 0 Å². The van der Waals surface area contributed by atoms with Crippen molar-refractivity contribution in [2.24, 2.45) is 13.0 Å². The van der Waals surface area contributed by atoms with E-state index in [0.717, 1.165) is 12.8 Å². The van der Waals surface area contributed by atoms with Crippen LogP contribution in [0.1, 0.15) is 37.8 Å². The number of aromatic nitrogens is 2. The zero-order valence-corrected chi connectivity index (χ0v) is 8.85. The van der Waals surface area contributed by atoms with Gasteiger partial charge >= 0.3 is 0 Å². The van der Waals surface area contributed by atoms with Gasteiger partial charge in [-0.2, -0.15) is 5.10 Å². The molecule has 0 amide bonds. The minimum Gasteiger partial charge on any atom is -0.393 e. The number of rotatable bonds is 1. The normalized spacial score (nSPS) is 33.2. The Balaban J connectivity index is 2.10. The van der Waals surface area contributed by atoms with Crippen LogP contribution in [0.3, 0.4) is 0 Å². The first-order valence-corrected chi connectivity index (χ1v) is 5.34. The van der Waals surface area contributed by atoms with Crippen LogP contribution in [0.5, 0.6) is 0 Å². The van der Waals surface area contributed by atoms with Gasteiger partial charge in [-0.3, -0.25) is 4.68 Å². The van der Waals surface area contributed by atoms with E-state index >= 15 is 0 Å². The predicted octanol–water partition coefficient (Wildman–Crippen LogP) is 1.68. The molecular formula is C11H18N2O. The molecule has 0 radical (unpaired) electrons. The monoisotopic (exact) mass is 194 g/mol. The molecule has 1 aromatic rings. The quantitative estimate of drug-likeness (QED) is 0.738. The number of nitrogens with zero attached hydrogens (tertiary/aromatic N) is 2. The minimum absolute atomic E-state index is 0.136. The lowest BCUT2D eigenvalue weighted by Crippen LogP contribution is -2.27. The molecule has 1 heterocycles. The first kappa shape index (κ1) is 9.71. The van der Waals surface area contributed by atoms with Gasteiger partial charge in [-0.25, -0.2) is 0 Å². The molecule has 2 rings (SSSR count). The van der Waals surface area contributed by atoms with Gasteiger partial charge in [-0.1, -0.05) is 6.92 Å². The molecule has 0 bridgehead atoms. The summed E-state index contributed by atoms with van der Waals surface area (Å²) in [7, 11) is 1.97. The molecule has 0 saturated heterocycles. The lowest BCUT2D eigenvalue weighted by molar-refractivity contribution is 0.0682. The summed E-state index contributed by atoms with van der Waals surface area (Å²) in [6.07, 6.45) is 4.89. The fourth-order valence-electron chi connectivity index (χ4n) is 2.35. The van der Waals surface area contributed by atoms with Crippen LogP contribution in [0.25, 0.3) is 0 Å². The van der Waals surface area contributed by atoms with Crippen LogP contribution in [-0.2, 0) is 7.05 Å². The maximum Gasteiger partial charge on any atom is 0.0572 e. The van der Waals surface area contributed by atoms with Gasteiger partial charge in [0.15, 0.2) is 0 Å². The fourth-order valence-corrected chi connectivity index (χ4v) is 2.35. The third-order valence-corrected chi connectivity index (χ3v) is 3.43. The van der Waals surface area contributed by atoms with Crippen molar-refractivity contribution in [3.63, 3.8) is 0 Å². The molecule has 1 aromatic heterocycles. The summed E-state index contributed by atoms with van der Waals surface area (Å²) in [5, 5.41) is 14.0. The molecule has 1 N–H and O–H groups in total. The van der Waals surface area contributed by atoms with Crippen molar-refractivity contribution in [2.75, 3.05) is 0 Å². The summed E-state index contributed by atoms with van der Waals surface area (Å²) >= 11 is 0. The van der Waals surface area contributed by atoms with Crippen molar-refractivity contribution < 1.29 is 5.11 Å². The van der Waals surface area contributed by atoms with Gasteiger partial charge in [0.05, 0.1) is 6.10 Å². The fraction of sp³-hybridized carbons (Fsp3) is 0.727. The zero-order chi connectivity index (χ0) is 10.1. The Hall–Kier alpha value is -0.830. The van der Waals surface area contributed by atoms with Gasteiger partial charge in [0.2, 0.25) is 0 Å². The van der Waals surface area contributed by atoms with Gasteiger partial charge < -0.3 is 5.11 Å². The van der Waals surface area contributed by atoms with Crippen molar-refractivity contribution in [1.29, 1.82) is 0 Å². The molecule has 0 aliphatic heterocycles. The Labute approximate surface area is 84.7 Å². The molecule has 14 heavy (non-hydrogen) atoms. The zero-order valence-electron chi connectivity index (χ0n) is 8.85. The molecule has 78 valence electrons. The molecule has 1 aliphatic rings. The third kappa shape index (κ3) is 1.69. The number of hydrogen-bond donors (Lipinski definition) is 1. The Morgan fingerprint density at radius 2 is 2.29 bits per heavy atom. The van der Waals surface area contributed by atoms with Crippen molar-refractivity contribution in [2.45, 2.75) is 38.2 Å². The SMILES string of the molecule is CC1CCC(c2ccnn2C)CC1O. The molecule has 3 atom stereocenters. The van der Waals surface area contributed by atoms with Gasteiger partial charge in [0.25, 0.3) is 0 Å². The minimum atomic E-state index is -0.136. The van der Waals surface area contributed by atoms with Gasteiger partial charge in [0.1, 0.15) is 0 Å². The lowest BCUT2D eigenvalue weighted by atomic mass is 9.79. The van der Waals surface area contributed by atoms with E-state index in [1.165, 1.54) is 12.1 Å². The Kier molecular flexibility index (Phi) is 2.59. The highest BCUT2D eigenvalue weighted by Gasteiger charge is 2.28. The largest absolute Gasteiger partial charge is 0.393 e. The number of aliphatic hydroxyl groups excluding tert-OH is 1. The first-order chi connectivity index (χ1) is 6.68. The molecule has 3 heteroatoms. The second-order valence-electron chi connectivity index (χ2n) is 4.43. The maximum atomic E-state index is 9.81. The summed E-state index contributed by atoms with van der Waals surface area (Å²) in [5.41, 5.74) is 1.26. The Morgan fingerprint density at radius 3 is 2.86 bits per heavy atom. The second-order valence-corrected chi connectivity index (χ2v) is 4.43. The van der Waals surface area contributed by atoms with Crippen LogP contribution in [0.4, 0.5) is 0 Å². The van der Waals surface area contributed by atoms with E-state index in [1.807, 2.05) is 17.9 Å². The van der Waals surface area contributed by atoms with Gasteiger partial charge in [-0.05, 0) is 31.2 Å². The molecule has 1 saturated carbocycles. The van der Waals surface area contributed by atoms with Crippen LogP contribution < -0.4 is 0 Å². The van der Waals surface area contributed by atoms with E-state index in [-0.39, 0.29) is 6.10 Å². The average molecular weight is 194 g/mol. The molecule has 0 aromatic carbocycles. The highest BCUT2D eigenvalue weighted by molar-refractivity contribution is 5.09. The van der Waals surface area contributed by atoms with Crippen LogP contribution >= 0.6 is 0 Å². The van der Waals surface area contributed by atoms with E-state index in [9.17, 15) is 5.11 Å². The molecule has 3 nitrogen and oxygen atoms in total. The first-order valence-electron chi connectivity index (χ1n) is 5.34. The van der Waals surface area contributed by atoms with E-state index < -0.39 is 0 Å². The summed E-state index contributed by atoms with van der Waals surface area (Å²) in [5.74, 6) is 0.952. The van der Waals surface area contributed by atoms with Crippen molar-refractivity contribution >= 4 is 0 Å². The van der Waals surface area contributed by atoms with E-state index in [2.05, 4.69) is 18.1 Å². The molecule has 3 unspecified atom stereocenters. The lowest BCUT2D eigenvalue weighted by Gasteiger charge is -2.30. The molecular weight excluding hydrogens is 176 g/mol. The number of hydrogen-bond acceptors (Lipinski definition) is 2. The number of aliphatic hydroxyl groups is 1. The van der Waals surface area contributed by atoms with E-state index in [0.29, 0.717) is 11.8 Å². The topological polar surface area (TPSA) is 38.0 Å². The summed E-state index contributed by atoms with van der Waals surface area (Å²) < 4.78 is 1.92. The summed E-state index contributed by atoms with van der Waals surface area (Å²) in [6.45, 7) is 2.13. The van der Waals surface area contributed by atoms with Crippen molar-refractivity contribution in [1.82, 2.24) is 9.78 Å². The van der Waals surface area contributed by atoms with Crippen LogP contribution in [-0.4, -0.2) is 21.0 Å². The van der Waals surface area contributed by atoms with Crippen molar-refractivity contribution in [3.8, 4) is 0 Å². The Bertz CT molecular complexity index is 308. The highest BCUT2D eigenvalue weighted by atomic mass is 16.3. The van der Waals surface area contributed by atoms with Crippen LogP contribution in [0, 0.1) is 5.92 Å². The average Bonchev–Trinajstić information content (AvgIpc) is 2.57. The van der Waals surface area contributed by atoms with Gasteiger partial charge in [-0.15, -0.1) is 0 Å². The summed E-state index contributed by atoms with van der Waals surface area (Å²) in [6, 6.07) is 2.06. The van der Waals surface area contributed by atoms with Crippen molar-refractivity contribution in [3.05, 3.63) is 18.0 Å². The second kappa shape index (κ2) is 3.73. The maximum absolute atomic E-state index is 9.81. The Morgan fingerprint density at radius 1 is 1.50 bits per heavy atom. The highest BCUT2D eigenvalue weighted by Crippen LogP contribution is 2.35. The summed E-state index contributed by atoms with van der Waals surface area (Å²) in [4.78, 5) is 0. The predicted molar refractivity (Wildman–Crippen MR) is 55.0 cm³/mol. The van der Waals surface area contributed by atoms with E-state index in [4.69, 9.17) is 0 Å². The van der Waals surface area contributed by atoms with Gasteiger partial charge in [0, 0.05) is 24.9 Å². The number of aryl methyl sites for hydroxylation is 1. The third-order valence-electron chi connectivity index (χ3n) is 3.43. The molecule has 1 fully saturated rings. The smallest absolute Gasteiger partial charge is 0.0572 e. The van der Waals surface area contributed by atoms with Crippen LogP contribution in [0.15, 0.2) is 12.3 Å².